The highest BCUT2D eigenvalue weighted by Gasteiger charge is 2.17. The Balaban J connectivity index is 1.31. The molecule has 188 valence electrons. The number of hydrogen-bond acceptors (Lipinski definition) is 5. The van der Waals surface area contributed by atoms with Gasteiger partial charge in [-0.25, -0.2) is 14.4 Å². The summed E-state index contributed by atoms with van der Waals surface area (Å²) in [5.74, 6) is 2.14. The summed E-state index contributed by atoms with van der Waals surface area (Å²) in [5, 5.41) is 12.2. The van der Waals surface area contributed by atoms with E-state index < -0.39 is 0 Å². The molecule has 2 aromatic carbocycles. The zero-order valence-corrected chi connectivity index (χ0v) is 21.2. The van der Waals surface area contributed by atoms with E-state index in [0.29, 0.717) is 6.42 Å². The minimum atomic E-state index is -0.109. The summed E-state index contributed by atoms with van der Waals surface area (Å²) in [6.45, 7) is 4.15. The number of halogens is 1. The van der Waals surface area contributed by atoms with Crippen molar-refractivity contribution in [3.05, 3.63) is 77.5 Å². The van der Waals surface area contributed by atoms with Crippen LogP contribution in [-0.2, 0) is 19.3 Å². The zero-order valence-electron chi connectivity index (χ0n) is 21.2. The second-order valence-electron chi connectivity index (χ2n) is 9.70. The lowest BCUT2D eigenvalue weighted by molar-refractivity contribution is 0.396. The molecular formula is C30H36FN5. The lowest BCUT2D eigenvalue weighted by Crippen LogP contribution is -2.29. The van der Waals surface area contributed by atoms with Crippen LogP contribution in [-0.4, -0.2) is 23.1 Å². The van der Waals surface area contributed by atoms with Crippen molar-refractivity contribution in [3.63, 3.8) is 0 Å². The summed E-state index contributed by atoms with van der Waals surface area (Å²) in [6, 6.07) is 17.5. The standard InChI is InChI=1S/C30H36FN5/c1-2-23-7-3-4-19-36(20-16-23)28-13-12-24(22-27(28)31)9-6-11-29-33-18-15-30(35-29)34-26-10-5-8-25(21-26)14-17-32/h5,8,10,12-13,15,18,21-23H,2-4,6-7,9,11,14,16,19-20H2,1H3,(H,33,34,35). The highest BCUT2D eigenvalue weighted by Crippen LogP contribution is 2.27. The lowest BCUT2D eigenvalue weighted by atomic mass is 9.93. The van der Waals surface area contributed by atoms with Gasteiger partial charge in [-0.05, 0) is 73.1 Å². The van der Waals surface area contributed by atoms with Crippen molar-refractivity contribution in [1.82, 2.24) is 9.97 Å². The molecule has 1 atom stereocenters. The molecule has 5 nitrogen and oxygen atoms in total. The van der Waals surface area contributed by atoms with Crippen molar-refractivity contribution in [2.75, 3.05) is 23.3 Å². The predicted octanol–water partition coefficient (Wildman–Crippen LogP) is 7.01. The van der Waals surface area contributed by atoms with E-state index >= 15 is 4.39 Å². The summed E-state index contributed by atoms with van der Waals surface area (Å²) in [5.41, 5.74) is 3.62. The minimum absolute atomic E-state index is 0.109. The molecule has 1 fully saturated rings. The highest BCUT2D eigenvalue weighted by atomic mass is 19.1. The van der Waals surface area contributed by atoms with Crippen LogP contribution in [0.25, 0.3) is 0 Å². The van der Waals surface area contributed by atoms with Crippen LogP contribution in [0.2, 0.25) is 0 Å². The Hall–Kier alpha value is -3.46. The number of benzene rings is 2. The molecule has 0 saturated carbocycles. The van der Waals surface area contributed by atoms with Crippen molar-refractivity contribution in [2.45, 2.75) is 64.7 Å². The van der Waals surface area contributed by atoms with Crippen molar-refractivity contribution in [2.24, 2.45) is 5.92 Å². The third-order valence-corrected chi connectivity index (χ3v) is 7.08. The van der Waals surface area contributed by atoms with Gasteiger partial charge in [-0.3, -0.25) is 0 Å². The quantitative estimate of drug-likeness (QED) is 0.353. The van der Waals surface area contributed by atoms with Crippen molar-refractivity contribution in [3.8, 4) is 6.07 Å². The summed E-state index contributed by atoms with van der Waals surface area (Å²) >= 11 is 0. The van der Waals surface area contributed by atoms with Gasteiger partial charge in [-0.15, -0.1) is 0 Å². The monoisotopic (exact) mass is 485 g/mol. The van der Waals surface area contributed by atoms with E-state index in [2.05, 4.69) is 39.2 Å². The maximum absolute atomic E-state index is 15.0. The Morgan fingerprint density at radius 2 is 1.97 bits per heavy atom. The average Bonchev–Trinajstić information content (AvgIpc) is 2.86. The molecule has 1 saturated heterocycles. The second-order valence-corrected chi connectivity index (χ2v) is 9.70. The number of hydrogen-bond donors (Lipinski definition) is 1. The van der Waals surface area contributed by atoms with Crippen molar-refractivity contribution < 1.29 is 4.39 Å². The normalized spacial score (nSPS) is 16.1. The molecule has 3 aromatic rings. The molecular weight excluding hydrogens is 449 g/mol. The molecule has 0 amide bonds. The van der Waals surface area contributed by atoms with E-state index in [-0.39, 0.29) is 5.82 Å². The molecule has 6 heteroatoms. The van der Waals surface area contributed by atoms with Gasteiger partial charge in [0.05, 0.1) is 18.2 Å². The molecule has 0 radical (unpaired) electrons. The van der Waals surface area contributed by atoms with Crippen LogP contribution in [0.5, 0.6) is 0 Å². The molecule has 1 aromatic heterocycles. The molecule has 0 aliphatic carbocycles. The topological polar surface area (TPSA) is 64.8 Å². The Bertz CT molecular complexity index is 1170. The zero-order chi connectivity index (χ0) is 25.2. The van der Waals surface area contributed by atoms with Crippen LogP contribution in [0.15, 0.2) is 54.7 Å². The van der Waals surface area contributed by atoms with E-state index in [4.69, 9.17) is 5.26 Å². The third kappa shape index (κ3) is 7.27. The van der Waals surface area contributed by atoms with Crippen LogP contribution < -0.4 is 10.2 Å². The molecule has 0 bridgehead atoms. The fourth-order valence-corrected chi connectivity index (χ4v) is 4.98. The number of nitriles is 1. The maximum Gasteiger partial charge on any atom is 0.146 e. The minimum Gasteiger partial charge on any atom is -0.369 e. The molecule has 1 N–H and O–H groups in total. The Morgan fingerprint density at radius 3 is 2.81 bits per heavy atom. The first kappa shape index (κ1) is 25.6. The predicted molar refractivity (Wildman–Crippen MR) is 144 cm³/mol. The number of anilines is 3. The molecule has 1 aliphatic heterocycles. The summed E-state index contributed by atoms with van der Waals surface area (Å²) in [6.07, 6.45) is 10.5. The maximum atomic E-state index is 15.0. The van der Waals surface area contributed by atoms with Gasteiger partial charge >= 0.3 is 0 Å². The summed E-state index contributed by atoms with van der Waals surface area (Å²) in [7, 11) is 0. The van der Waals surface area contributed by atoms with Crippen LogP contribution >= 0.6 is 0 Å². The Morgan fingerprint density at radius 1 is 1.06 bits per heavy atom. The molecule has 2 heterocycles. The first-order valence-corrected chi connectivity index (χ1v) is 13.2. The van der Waals surface area contributed by atoms with E-state index in [1.165, 1.54) is 19.3 Å². The average molecular weight is 486 g/mol. The fourth-order valence-electron chi connectivity index (χ4n) is 4.98. The SMILES string of the molecule is CCC1CCCCN(c2ccc(CCCc3nccc(Nc4cccc(CC#N)c4)n3)cc2F)CC1. The van der Waals surface area contributed by atoms with Gasteiger partial charge in [-0.1, -0.05) is 44.4 Å². The second kappa shape index (κ2) is 13.0. The van der Waals surface area contributed by atoms with Crippen LogP contribution in [0.3, 0.4) is 0 Å². The molecule has 1 unspecified atom stereocenters. The van der Waals surface area contributed by atoms with Gasteiger partial charge < -0.3 is 10.2 Å². The Labute approximate surface area is 214 Å². The number of nitrogens with zero attached hydrogens (tertiary/aromatic N) is 4. The van der Waals surface area contributed by atoms with Crippen LogP contribution in [0, 0.1) is 23.1 Å². The first-order valence-electron chi connectivity index (χ1n) is 13.2. The molecule has 4 rings (SSSR count). The van der Waals surface area contributed by atoms with E-state index in [0.717, 1.165) is 85.3 Å². The van der Waals surface area contributed by atoms with Gasteiger partial charge in [-0.2, -0.15) is 5.26 Å². The number of rotatable bonds is 9. The lowest BCUT2D eigenvalue weighted by Gasteiger charge is -2.30. The molecule has 36 heavy (non-hydrogen) atoms. The van der Waals surface area contributed by atoms with Crippen molar-refractivity contribution >= 4 is 17.2 Å². The number of aromatic nitrogens is 2. The van der Waals surface area contributed by atoms with Gasteiger partial charge in [0.2, 0.25) is 0 Å². The van der Waals surface area contributed by atoms with Crippen molar-refractivity contribution in [1.29, 1.82) is 5.26 Å². The fraction of sp³-hybridized carbons (Fsp3) is 0.433. The summed E-state index contributed by atoms with van der Waals surface area (Å²) < 4.78 is 15.0. The molecule has 1 aliphatic rings. The highest BCUT2D eigenvalue weighted by molar-refractivity contribution is 5.57. The number of aryl methyl sites for hydroxylation is 2. The van der Waals surface area contributed by atoms with Gasteiger partial charge in [0, 0.05) is 31.4 Å². The van der Waals surface area contributed by atoms with Gasteiger partial charge in [0.1, 0.15) is 17.5 Å². The van der Waals surface area contributed by atoms with E-state index in [1.54, 1.807) is 12.3 Å². The van der Waals surface area contributed by atoms with Gasteiger partial charge in [0.25, 0.3) is 0 Å². The van der Waals surface area contributed by atoms with Gasteiger partial charge in [0.15, 0.2) is 0 Å². The van der Waals surface area contributed by atoms with E-state index in [9.17, 15) is 0 Å². The summed E-state index contributed by atoms with van der Waals surface area (Å²) in [4.78, 5) is 11.3. The third-order valence-electron chi connectivity index (χ3n) is 7.08. The smallest absolute Gasteiger partial charge is 0.146 e. The van der Waals surface area contributed by atoms with E-state index in [1.807, 2.05) is 36.4 Å². The largest absolute Gasteiger partial charge is 0.369 e. The van der Waals surface area contributed by atoms with Crippen LogP contribution in [0.4, 0.5) is 21.6 Å². The molecule has 0 spiro atoms. The number of nitrogens with one attached hydrogen (secondary N) is 1. The van der Waals surface area contributed by atoms with Crippen LogP contribution in [0.1, 0.15) is 62.4 Å². The Kier molecular flexibility index (Phi) is 9.27. The first-order chi connectivity index (χ1) is 17.6.